The molecule has 27 heavy (non-hydrogen) atoms. The Bertz CT molecular complexity index is 1050. The molecule has 0 aliphatic carbocycles. The van der Waals surface area contributed by atoms with Gasteiger partial charge in [-0.1, -0.05) is 19.1 Å². The molecule has 7 heteroatoms. The molecule has 1 heterocycles. The summed E-state index contributed by atoms with van der Waals surface area (Å²) in [4.78, 5) is 25.2. The number of amides is 1. The van der Waals surface area contributed by atoms with Crippen molar-refractivity contribution in [1.82, 2.24) is 0 Å². The van der Waals surface area contributed by atoms with Gasteiger partial charge in [-0.05, 0) is 52.7 Å². The largest absolute Gasteiger partial charge is 0.496 e. The van der Waals surface area contributed by atoms with Crippen LogP contribution in [0.1, 0.15) is 23.7 Å². The van der Waals surface area contributed by atoms with Crippen LogP contribution in [0, 0.1) is 0 Å². The van der Waals surface area contributed by atoms with Crippen LogP contribution in [0.15, 0.2) is 56.1 Å². The van der Waals surface area contributed by atoms with Crippen molar-refractivity contribution in [3.8, 4) is 5.75 Å². The topological polar surface area (TPSA) is 80.6 Å². The highest BCUT2D eigenvalue weighted by Crippen LogP contribution is 2.30. The predicted octanol–water partition coefficient (Wildman–Crippen LogP) is 4.64. The van der Waals surface area contributed by atoms with Gasteiger partial charge in [-0.2, -0.15) is 0 Å². The van der Waals surface area contributed by atoms with Crippen LogP contribution < -0.4 is 21.0 Å². The third-order valence-electron chi connectivity index (χ3n) is 4.02. The van der Waals surface area contributed by atoms with Crippen LogP contribution >= 0.6 is 15.9 Å². The minimum atomic E-state index is -0.603. The van der Waals surface area contributed by atoms with Crippen LogP contribution in [-0.4, -0.2) is 19.6 Å². The third kappa shape index (κ3) is 3.98. The number of hydrogen-bond donors (Lipinski definition) is 2. The van der Waals surface area contributed by atoms with Gasteiger partial charge in [-0.3, -0.25) is 4.79 Å². The second kappa shape index (κ2) is 8.26. The monoisotopic (exact) mass is 430 g/mol. The Balaban J connectivity index is 2.02. The van der Waals surface area contributed by atoms with Crippen LogP contribution in [0.25, 0.3) is 11.0 Å². The fraction of sp³-hybridized carbons (Fsp3) is 0.200. The minimum absolute atomic E-state index is 0.0964. The van der Waals surface area contributed by atoms with Crippen LogP contribution in [0.4, 0.5) is 11.4 Å². The molecule has 0 radical (unpaired) electrons. The number of nitrogens with one attached hydrogen (secondary N) is 2. The fourth-order valence-electron chi connectivity index (χ4n) is 2.69. The molecular formula is C20H19BrN2O4. The number of para-hydroxylation sites is 1. The number of fused-ring (bicyclic) bond motifs is 1. The van der Waals surface area contributed by atoms with Crippen molar-refractivity contribution in [1.29, 1.82) is 0 Å². The normalized spacial score (nSPS) is 10.6. The molecule has 1 amide bonds. The summed E-state index contributed by atoms with van der Waals surface area (Å²) in [5.41, 5.74) is 0.903. The molecule has 0 saturated heterocycles. The quantitative estimate of drug-likeness (QED) is 0.556. The van der Waals surface area contributed by atoms with Crippen molar-refractivity contribution in [3.05, 3.63) is 62.9 Å². The molecule has 0 aliphatic rings. The highest BCUT2D eigenvalue weighted by Gasteiger charge is 2.18. The number of carbonyl (C=O) groups excluding carboxylic acids is 1. The number of methoxy groups -OCH3 is 1. The van der Waals surface area contributed by atoms with Crippen LogP contribution in [0.3, 0.4) is 0 Å². The summed E-state index contributed by atoms with van der Waals surface area (Å²) in [6.45, 7) is 2.68. The summed E-state index contributed by atoms with van der Waals surface area (Å²) in [6.07, 6.45) is 0.868. The summed E-state index contributed by atoms with van der Waals surface area (Å²) in [5, 5.41) is 6.65. The Morgan fingerprint density at radius 3 is 2.67 bits per heavy atom. The Morgan fingerprint density at radius 1 is 1.19 bits per heavy atom. The standard InChI is InChI=1S/C20H19BrN2O4/c1-3-10-22-17-13-6-4-5-7-15(13)27-20(25)18(17)23-19(24)12-8-9-16(26-2)14(21)11-12/h4-9,11,22H,3,10H2,1-2H3,(H,23,24). The van der Waals surface area contributed by atoms with Crippen LogP contribution in [0.5, 0.6) is 5.75 Å². The van der Waals surface area contributed by atoms with E-state index in [-0.39, 0.29) is 5.69 Å². The van der Waals surface area contributed by atoms with Gasteiger partial charge in [0.15, 0.2) is 5.69 Å². The number of anilines is 2. The van der Waals surface area contributed by atoms with Gasteiger partial charge in [-0.25, -0.2) is 4.79 Å². The van der Waals surface area contributed by atoms with Gasteiger partial charge in [0.25, 0.3) is 5.91 Å². The van der Waals surface area contributed by atoms with Crippen molar-refractivity contribution >= 4 is 44.2 Å². The maximum Gasteiger partial charge on any atom is 0.362 e. The number of carbonyl (C=O) groups is 1. The van der Waals surface area contributed by atoms with E-state index in [2.05, 4.69) is 26.6 Å². The lowest BCUT2D eigenvalue weighted by Gasteiger charge is -2.14. The highest BCUT2D eigenvalue weighted by atomic mass is 79.9. The molecule has 2 N–H and O–H groups in total. The second-order valence-electron chi connectivity index (χ2n) is 5.87. The molecule has 3 aromatic rings. The Morgan fingerprint density at radius 2 is 1.96 bits per heavy atom. The SMILES string of the molecule is CCCNc1c(NC(=O)c2ccc(OC)c(Br)c2)c(=O)oc2ccccc12. The lowest BCUT2D eigenvalue weighted by molar-refractivity contribution is 0.102. The van der Waals surface area contributed by atoms with Crippen molar-refractivity contribution in [3.63, 3.8) is 0 Å². The lowest BCUT2D eigenvalue weighted by atomic mass is 10.1. The van der Waals surface area contributed by atoms with Crippen molar-refractivity contribution in [2.75, 3.05) is 24.3 Å². The molecule has 1 aromatic heterocycles. The van der Waals surface area contributed by atoms with Crippen molar-refractivity contribution in [2.45, 2.75) is 13.3 Å². The Kier molecular flexibility index (Phi) is 5.81. The maximum atomic E-state index is 12.7. The molecule has 0 unspecified atom stereocenters. The summed E-state index contributed by atoms with van der Waals surface area (Å²) >= 11 is 3.36. The Hall–Kier alpha value is -2.80. The summed E-state index contributed by atoms with van der Waals surface area (Å²) < 4.78 is 11.2. The van der Waals surface area contributed by atoms with Crippen molar-refractivity contribution in [2.24, 2.45) is 0 Å². The number of rotatable bonds is 6. The van der Waals surface area contributed by atoms with E-state index in [0.29, 0.717) is 33.6 Å². The first-order valence-corrected chi connectivity index (χ1v) is 9.29. The van der Waals surface area contributed by atoms with E-state index >= 15 is 0 Å². The van der Waals surface area contributed by atoms with Crippen LogP contribution in [-0.2, 0) is 0 Å². The third-order valence-corrected chi connectivity index (χ3v) is 4.64. The van der Waals surface area contributed by atoms with E-state index in [0.717, 1.165) is 11.8 Å². The summed E-state index contributed by atoms with van der Waals surface area (Å²) in [6, 6.07) is 12.2. The number of benzene rings is 2. The number of halogens is 1. The minimum Gasteiger partial charge on any atom is -0.496 e. The molecule has 0 atom stereocenters. The average Bonchev–Trinajstić information content (AvgIpc) is 2.67. The molecule has 6 nitrogen and oxygen atoms in total. The van der Waals surface area contributed by atoms with Gasteiger partial charge < -0.3 is 19.8 Å². The number of ether oxygens (including phenoxy) is 1. The smallest absolute Gasteiger partial charge is 0.362 e. The van der Waals surface area contributed by atoms with Gasteiger partial charge >= 0.3 is 5.63 Å². The van der Waals surface area contributed by atoms with Gasteiger partial charge in [0.2, 0.25) is 0 Å². The van der Waals surface area contributed by atoms with Gasteiger partial charge in [0.1, 0.15) is 11.3 Å². The zero-order valence-corrected chi connectivity index (χ0v) is 16.6. The van der Waals surface area contributed by atoms with Gasteiger partial charge in [0, 0.05) is 17.5 Å². The molecule has 2 aromatic carbocycles. The van der Waals surface area contributed by atoms with E-state index < -0.39 is 11.5 Å². The van der Waals surface area contributed by atoms with E-state index in [4.69, 9.17) is 9.15 Å². The first kappa shape index (κ1) is 19.0. The second-order valence-corrected chi connectivity index (χ2v) is 6.72. The predicted molar refractivity (Wildman–Crippen MR) is 110 cm³/mol. The first-order chi connectivity index (χ1) is 13.0. The highest BCUT2D eigenvalue weighted by molar-refractivity contribution is 9.10. The molecule has 0 spiro atoms. The zero-order chi connectivity index (χ0) is 19.4. The van der Waals surface area contributed by atoms with E-state index in [1.54, 1.807) is 37.4 Å². The number of hydrogen-bond acceptors (Lipinski definition) is 5. The van der Waals surface area contributed by atoms with Crippen molar-refractivity contribution < 1.29 is 13.9 Å². The molecular weight excluding hydrogens is 412 g/mol. The maximum absolute atomic E-state index is 12.7. The summed E-state index contributed by atoms with van der Waals surface area (Å²) in [5.74, 6) is 0.197. The van der Waals surface area contributed by atoms with E-state index in [1.807, 2.05) is 19.1 Å². The Labute approximate surface area is 164 Å². The summed E-state index contributed by atoms with van der Waals surface area (Å²) in [7, 11) is 1.55. The fourth-order valence-corrected chi connectivity index (χ4v) is 3.23. The van der Waals surface area contributed by atoms with Gasteiger partial charge in [-0.15, -0.1) is 0 Å². The van der Waals surface area contributed by atoms with E-state index in [9.17, 15) is 9.59 Å². The lowest BCUT2D eigenvalue weighted by Crippen LogP contribution is -2.20. The van der Waals surface area contributed by atoms with Gasteiger partial charge in [0.05, 0.1) is 17.3 Å². The zero-order valence-electron chi connectivity index (χ0n) is 15.0. The molecule has 3 rings (SSSR count). The first-order valence-electron chi connectivity index (χ1n) is 8.49. The molecule has 0 saturated carbocycles. The molecule has 0 aliphatic heterocycles. The van der Waals surface area contributed by atoms with Crippen LogP contribution in [0.2, 0.25) is 0 Å². The average molecular weight is 431 g/mol. The molecule has 0 bridgehead atoms. The molecule has 0 fully saturated rings. The van der Waals surface area contributed by atoms with E-state index in [1.165, 1.54) is 0 Å². The molecule has 140 valence electrons.